The number of rotatable bonds is 8. The van der Waals surface area contributed by atoms with Gasteiger partial charge in [0.1, 0.15) is 5.78 Å². The van der Waals surface area contributed by atoms with E-state index in [1.807, 2.05) is 0 Å². The van der Waals surface area contributed by atoms with Crippen molar-refractivity contribution in [3.63, 3.8) is 0 Å². The second kappa shape index (κ2) is 8.64. The molecule has 1 heteroatoms. The molecule has 2 aromatic carbocycles. The van der Waals surface area contributed by atoms with Crippen molar-refractivity contribution in [2.24, 2.45) is 11.8 Å². The van der Waals surface area contributed by atoms with Crippen LogP contribution < -0.4 is 0 Å². The van der Waals surface area contributed by atoms with Crippen LogP contribution in [-0.2, 0) is 4.79 Å². The second-order valence-electron chi connectivity index (χ2n) is 9.37. The number of Topliss-reactive ketones (excluding diaryl/α,β-unsaturated/α-hetero) is 1. The lowest BCUT2D eigenvalue weighted by Crippen LogP contribution is -2.26. The zero-order chi connectivity index (χ0) is 19.5. The number of ketones is 1. The molecule has 0 bridgehead atoms. The van der Waals surface area contributed by atoms with E-state index in [0.717, 1.165) is 12.8 Å². The van der Waals surface area contributed by atoms with Crippen molar-refractivity contribution in [1.82, 2.24) is 0 Å². The highest BCUT2D eigenvalue weighted by molar-refractivity contribution is 5.80. The van der Waals surface area contributed by atoms with Crippen LogP contribution in [0.2, 0.25) is 0 Å². The summed E-state index contributed by atoms with van der Waals surface area (Å²) in [5.41, 5.74) is 5.38. The average Bonchev–Trinajstić information content (AvgIpc) is 2.57. The molecule has 2 aliphatic rings. The van der Waals surface area contributed by atoms with Gasteiger partial charge >= 0.3 is 0 Å². The predicted molar refractivity (Wildman–Crippen MR) is 117 cm³/mol. The lowest BCUT2D eigenvalue weighted by atomic mass is 9.68. The smallest absolute Gasteiger partial charge is 0.134 e. The van der Waals surface area contributed by atoms with E-state index in [-0.39, 0.29) is 0 Å². The van der Waals surface area contributed by atoms with Crippen molar-refractivity contribution in [3.8, 4) is 0 Å². The van der Waals surface area contributed by atoms with Gasteiger partial charge in [-0.1, -0.05) is 72.5 Å². The molecule has 0 radical (unpaired) electrons. The molecule has 148 valence electrons. The highest BCUT2D eigenvalue weighted by Crippen LogP contribution is 2.44. The van der Waals surface area contributed by atoms with Gasteiger partial charge in [-0.2, -0.15) is 0 Å². The molecule has 2 aliphatic carbocycles. The van der Waals surface area contributed by atoms with Crippen LogP contribution in [0, 0.1) is 25.7 Å². The summed E-state index contributed by atoms with van der Waals surface area (Å²) in [5, 5.41) is 0. The maximum Gasteiger partial charge on any atom is 0.134 e. The normalized spacial score (nSPS) is 19.5. The van der Waals surface area contributed by atoms with Gasteiger partial charge in [-0.15, -0.1) is 0 Å². The maximum absolute atomic E-state index is 13.3. The second-order valence-corrected chi connectivity index (χ2v) is 9.37. The van der Waals surface area contributed by atoms with Crippen LogP contribution in [0.1, 0.15) is 85.5 Å². The van der Waals surface area contributed by atoms with Crippen molar-refractivity contribution < 1.29 is 4.79 Å². The fraction of sp³-hybridized carbons (Fsp3) is 0.519. The van der Waals surface area contributed by atoms with Crippen molar-refractivity contribution >= 4 is 5.78 Å². The molecule has 1 nitrogen and oxygen atoms in total. The van der Waals surface area contributed by atoms with Gasteiger partial charge in [0.25, 0.3) is 0 Å². The Morgan fingerprint density at radius 2 is 1.21 bits per heavy atom. The molecule has 2 atom stereocenters. The van der Waals surface area contributed by atoms with Crippen molar-refractivity contribution in [3.05, 3.63) is 70.8 Å². The Hall–Kier alpha value is -1.89. The van der Waals surface area contributed by atoms with E-state index in [0.29, 0.717) is 29.5 Å². The van der Waals surface area contributed by atoms with Gasteiger partial charge in [0.2, 0.25) is 0 Å². The lowest BCUT2D eigenvalue weighted by Gasteiger charge is -2.36. The summed E-state index contributed by atoms with van der Waals surface area (Å²) in [4.78, 5) is 13.3. The van der Waals surface area contributed by atoms with Crippen molar-refractivity contribution in [2.45, 2.75) is 77.0 Å². The van der Waals surface area contributed by atoms with E-state index in [9.17, 15) is 4.79 Å². The highest BCUT2D eigenvalue weighted by Gasteiger charge is 2.33. The van der Waals surface area contributed by atoms with Crippen LogP contribution in [0.25, 0.3) is 0 Å². The zero-order valence-electron chi connectivity index (χ0n) is 17.5. The maximum atomic E-state index is 13.3. The monoisotopic (exact) mass is 374 g/mol. The first-order chi connectivity index (χ1) is 13.6. The van der Waals surface area contributed by atoms with Gasteiger partial charge in [-0.3, -0.25) is 4.79 Å². The third-order valence-electron chi connectivity index (χ3n) is 7.27. The molecule has 2 saturated carbocycles. The Balaban J connectivity index is 1.50. The van der Waals surface area contributed by atoms with Crippen LogP contribution in [0.3, 0.4) is 0 Å². The molecule has 4 rings (SSSR count). The summed E-state index contributed by atoms with van der Waals surface area (Å²) >= 11 is 0. The number of hydrogen-bond acceptors (Lipinski definition) is 1. The number of carbonyl (C=O) groups excluding carboxylic acids is 1. The van der Waals surface area contributed by atoms with Crippen molar-refractivity contribution in [2.75, 3.05) is 0 Å². The molecule has 0 aromatic heterocycles. The van der Waals surface area contributed by atoms with E-state index in [4.69, 9.17) is 0 Å². The molecule has 0 aliphatic heterocycles. The highest BCUT2D eigenvalue weighted by atomic mass is 16.1. The van der Waals surface area contributed by atoms with Crippen LogP contribution in [0.4, 0.5) is 0 Å². The predicted octanol–water partition coefficient (Wildman–Crippen LogP) is 7.12. The van der Waals surface area contributed by atoms with Crippen LogP contribution >= 0.6 is 0 Å². The Morgan fingerprint density at radius 1 is 0.786 bits per heavy atom. The van der Waals surface area contributed by atoms with E-state index >= 15 is 0 Å². The molecule has 0 saturated heterocycles. The molecular formula is C27H34O. The molecule has 28 heavy (non-hydrogen) atoms. The fourth-order valence-corrected chi connectivity index (χ4v) is 5.17. The Labute approximate surface area is 170 Å². The molecule has 0 spiro atoms. The van der Waals surface area contributed by atoms with E-state index in [1.54, 1.807) is 0 Å². The Kier molecular flexibility index (Phi) is 5.99. The number of hydrogen-bond donors (Lipinski definition) is 0. The van der Waals surface area contributed by atoms with Gasteiger partial charge in [0, 0.05) is 12.8 Å². The first-order valence-electron chi connectivity index (χ1n) is 11.2. The average molecular weight is 375 g/mol. The largest absolute Gasteiger partial charge is 0.300 e. The molecule has 0 unspecified atom stereocenters. The first kappa shape index (κ1) is 19.4. The molecule has 2 aromatic rings. The molecule has 0 heterocycles. The van der Waals surface area contributed by atoms with Crippen molar-refractivity contribution in [1.29, 1.82) is 0 Å². The minimum atomic E-state index is 0.417. The van der Waals surface area contributed by atoms with Gasteiger partial charge in [-0.25, -0.2) is 0 Å². The number of carbonyl (C=O) groups is 1. The summed E-state index contributed by atoms with van der Waals surface area (Å²) in [5.74, 6) is 2.71. The van der Waals surface area contributed by atoms with Crippen LogP contribution in [-0.4, -0.2) is 5.78 Å². The summed E-state index contributed by atoms with van der Waals surface area (Å²) in [6.07, 6.45) is 9.26. The number of benzene rings is 2. The van der Waals surface area contributed by atoms with Gasteiger partial charge < -0.3 is 0 Å². The van der Waals surface area contributed by atoms with Gasteiger partial charge in [0.15, 0.2) is 0 Å². The molecule has 0 N–H and O–H groups in total. The standard InChI is InChI=1S/C27H34O/c1-19-7-3-13-23(15-19)26(21-9-5-10-21)17-25(28)18-27(22-11-6-12-22)24-14-4-8-20(2)16-24/h3-4,7-8,13-16,21-22,26-27H,5-6,9-12,17-18H2,1-2H3/t26-,27-/m0/s1. The summed E-state index contributed by atoms with van der Waals surface area (Å²) in [7, 11) is 0. The van der Waals surface area contributed by atoms with E-state index in [1.165, 1.54) is 60.8 Å². The third-order valence-corrected chi connectivity index (χ3v) is 7.27. The SMILES string of the molecule is Cc1cccc([C@@H](CC(=O)C[C@H](c2cccc(C)c2)C2CCC2)C2CCC2)c1. The minimum Gasteiger partial charge on any atom is -0.300 e. The summed E-state index contributed by atoms with van der Waals surface area (Å²) < 4.78 is 0. The summed E-state index contributed by atoms with van der Waals surface area (Å²) in [6, 6.07) is 17.7. The van der Waals surface area contributed by atoms with E-state index in [2.05, 4.69) is 62.4 Å². The lowest BCUT2D eigenvalue weighted by molar-refractivity contribution is -0.120. The Morgan fingerprint density at radius 3 is 1.54 bits per heavy atom. The van der Waals surface area contributed by atoms with Gasteiger partial charge in [-0.05, 0) is 74.3 Å². The van der Waals surface area contributed by atoms with E-state index < -0.39 is 0 Å². The minimum absolute atomic E-state index is 0.417. The van der Waals surface area contributed by atoms with Gasteiger partial charge in [0.05, 0.1) is 0 Å². The first-order valence-corrected chi connectivity index (χ1v) is 11.2. The zero-order valence-corrected chi connectivity index (χ0v) is 17.5. The molecular weight excluding hydrogens is 340 g/mol. The number of aryl methyl sites for hydroxylation is 2. The topological polar surface area (TPSA) is 17.1 Å². The molecule has 2 fully saturated rings. The quantitative estimate of drug-likeness (QED) is 0.481. The van der Waals surface area contributed by atoms with Crippen LogP contribution in [0.15, 0.2) is 48.5 Å². The fourth-order valence-electron chi connectivity index (χ4n) is 5.17. The third kappa shape index (κ3) is 4.40. The molecule has 0 amide bonds. The summed E-state index contributed by atoms with van der Waals surface area (Å²) in [6.45, 7) is 4.32. The van der Waals surface area contributed by atoms with Crippen LogP contribution in [0.5, 0.6) is 0 Å². The Bertz CT molecular complexity index is 745.